The predicted molar refractivity (Wildman–Crippen MR) is 121 cm³/mol. The number of nitrogens with zero attached hydrogens (tertiary/aromatic N) is 6. The largest absolute Gasteiger partial charge is 0.420 e. The fraction of sp³-hybridized carbons (Fsp3) is 0.500. The molecule has 3 fully saturated rings. The van der Waals surface area contributed by atoms with Gasteiger partial charge in [0.25, 0.3) is 0 Å². The van der Waals surface area contributed by atoms with Gasteiger partial charge in [-0.05, 0) is 37.0 Å². The molecule has 36 heavy (non-hydrogen) atoms. The first-order chi connectivity index (χ1) is 17.0. The Balaban J connectivity index is 1.34. The van der Waals surface area contributed by atoms with Crippen LogP contribution in [0.3, 0.4) is 0 Å². The molecule has 192 valence electrons. The van der Waals surface area contributed by atoms with E-state index < -0.39 is 24.9 Å². The minimum absolute atomic E-state index is 0.0326. The maximum absolute atomic E-state index is 13.4. The number of carbonyl (C=O) groups is 1. The number of urea groups is 1. The molecule has 4 heterocycles. The summed E-state index contributed by atoms with van der Waals surface area (Å²) in [5.74, 6) is 0.842. The number of carbonyl (C=O) groups excluding carboxylic acids is 1. The number of benzene rings is 1. The third-order valence-corrected chi connectivity index (χ3v) is 6.72. The molecule has 1 aliphatic carbocycles. The second-order valence-corrected chi connectivity index (χ2v) is 9.69. The van der Waals surface area contributed by atoms with Crippen LogP contribution in [0.5, 0.6) is 0 Å². The highest BCUT2D eigenvalue weighted by molar-refractivity contribution is 6.33. The summed E-state index contributed by atoms with van der Waals surface area (Å²) >= 11 is 6.32. The number of anilines is 1. The van der Waals surface area contributed by atoms with Gasteiger partial charge in [-0.15, -0.1) is 10.2 Å². The first-order valence-electron chi connectivity index (χ1n) is 11.3. The number of ether oxygens (including phenoxy) is 1. The van der Waals surface area contributed by atoms with Crippen molar-refractivity contribution in [3.8, 4) is 11.4 Å². The molecule has 3 atom stereocenters. The number of rotatable bonds is 6. The fourth-order valence-electron chi connectivity index (χ4n) is 5.12. The van der Waals surface area contributed by atoms with Crippen molar-refractivity contribution in [3.63, 3.8) is 0 Å². The summed E-state index contributed by atoms with van der Waals surface area (Å²) in [6.45, 7) is 0.189. The molecule has 3 aliphatic rings. The van der Waals surface area contributed by atoms with Crippen molar-refractivity contribution in [1.29, 1.82) is 0 Å². The number of halogens is 4. The molecule has 3 aromatic rings. The summed E-state index contributed by atoms with van der Waals surface area (Å²) in [5, 5.41) is 15.5. The molecule has 1 aromatic carbocycles. The lowest BCUT2D eigenvalue weighted by Crippen LogP contribution is -2.70. The number of aryl methyl sites for hydroxylation is 1. The quantitative estimate of drug-likeness (QED) is 0.503. The van der Waals surface area contributed by atoms with Crippen molar-refractivity contribution in [2.45, 2.75) is 50.6 Å². The van der Waals surface area contributed by atoms with E-state index in [1.165, 1.54) is 0 Å². The van der Waals surface area contributed by atoms with E-state index in [1.807, 2.05) is 0 Å². The molecule has 10 nitrogen and oxygen atoms in total. The predicted octanol–water partition coefficient (Wildman–Crippen LogP) is 4.53. The summed E-state index contributed by atoms with van der Waals surface area (Å²) in [4.78, 5) is 19.3. The highest BCUT2D eigenvalue weighted by Gasteiger charge is 2.62. The molecule has 2 aliphatic heterocycles. The number of alkyl halides is 3. The van der Waals surface area contributed by atoms with Crippen LogP contribution < -0.4 is 5.32 Å². The van der Waals surface area contributed by atoms with E-state index in [0.29, 0.717) is 40.9 Å². The van der Waals surface area contributed by atoms with Gasteiger partial charge in [0.2, 0.25) is 11.8 Å². The van der Waals surface area contributed by atoms with Crippen LogP contribution in [-0.4, -0.2) is 54.7 Å². The first kappa shape index (κ1) is 24.5. The molecule has 2 aromatic heterocycles. The van der Waals surface area contributed by atoms with Crippen LogP contribution in [0, 0.1) is 5.92 Å². The monoisotopic (exact) mass is 525 g/mol. The van der Waals surface area contributed by atoms with E-state index in [9.17, 15) is 18.0 Å². The van der Waals surface area contributed by atoms with Crippen molar-refractivity contribution in [2.24, 2.45) is 13.0 Å². The van der Waals surface area contributed by atoms with Gasteiger partial charge in [-0.2, -0.15) is 18.3 Å². The summed E-state index contributed by atoms with van der Waals surface area (Å²) in [6, 6.07) is 4.65. The minimum atomic E-state index is -4.45. The van der Waals surface area contributed by atoms with Crippen molar-refractivity contribution in [1.82, 2.24) is 29.9 Å². The number of amides is 2. The summed E-state index contributed by atoms with van der Waals surface area (Å²) in [5.41, 5.74) is 0.244. The number of nitrogens with one attached hydrogen (secondary N) is 1. The second kappa shape index (κ2) is 9.04. The Morgan fingerprint density at radius 2 is 2.14 bits per heavy atom. The van der Waals surface area contributed by atoms with Crippen molar-refractivity contribution >= 4 is 23.3 Å². The normalized spacial score (nSPS) is 23.4. The number of hydrogen-bond acceptors (Lipinski definition) is 7. The summed E-state index contributed by atoms with van der Waals surface area (Å²) < 4.78 is 49.0. The van der Waals surface area contributed by atoms with Crippen LogP contribution in [0.1, 0.15) is 38.0 Å². The summed E-state index contributed by atoms with van der Waals surface area (Å²) in [7, 11) is 1.74. The smallest absolute Gasteiger partial charge is 0.411 e. The molecule has 0 radical (unpaired) electrons. The molecule has 1 saturated carbocycles. The van der Waals surface area contributed by atoms with E-state index in [4.69, 9.17) is 16.0 Å². The Morgan fingerprint density at radius 3 is 2.86 bits per heavy atom. The Hall–Kier alpha value is -3.19. The van der Waals surface area contributed by atoms with Crippen LogP contribution in [0.15, 0.2) is 28.9 Å². The Labute approximate surface area is 208 Å². The van der Waals surface area contributed by atoms with Crippen LogP contribution >= 0.6 is 11.6 Å². The number of aromatic nitrogens is 5. The Kier molecular flexibility index (Phi) is 6.15. The van der Waals surface area contributed by atoms with E-state index in [0.717, 1.165) is 6.42 Å². The molecule has 6 rings (SSSR count). The number of piperidine rings is 1. The second-order valence-electron chi connectivity index (χ2n) is 9.28. The number of fused-ring (bicyclic) bond motifs is 2. The average Bonchev–Trinajstić information content (AvgIpc) is 3.43. The lowest BCUT2D eigenvalue weighted by molar-refractivity contribution is -0.178. The Bertz CT molecular complexity index is 1280. The third kappa shape index (κ3) is 4.64. The lowest BCUT2D eigenvalue weighted by Gasteiger charge is -2.61. The SMILES string of the molecule is C[C@@H]1C[C@@H]2C[C@](c3nnc(COCC(F)(F)F)o3)(C1)N2C(=O)Nc1ccc(Cl)c(-c2ncn(C)n2)c1. The van der Waals surface area contributed by atoms with Gasteiger partial charge in [-0.3, -0.25) is 4.68 Å². The van der Waals surface area contributed by atoms with E-state index in [1.54, 1.807) is 41.2 Å². The highest BCUT2D eigenvalue weighted by atomic mass is 35.5. The van der Waals surface area contributed by atoms with Gasteiger partial charge < -0.3 is 19.4 Å². The molecule has 14 heteroatoms. The molecular weight excluding hydrogens is 503 g/mol. The molecule has 2 bridgehead atoms. The van der Waals surface area contributed by atoms with Gasteiger partial charge in [-0.1, -0.05) is 18.5 Å². The average molecular weight is 526 g/mol. The molecule has 1 N–H and O–H groups in total. The van der Waals surface area contributed by atoms with Crippen molar-refractivity contribution in [2.75, 3.05) is 11.9 Å². The zero-order valence-electron chi connectivity index (χ0n) is 19.4. The zero-order chi connectivity index (χ0) is 25.7. The van der Waals surface area contributed by atoms with Gasteiger partial charge in [0.15, 0.2) is 5.82 Å². The maximum atomic E-state index is 13.4. The molecular formula is C22H23ClF3N7O3. The fourth-order valence-corrected chi connectivity index (χ4v) is 5.33. The molecule has 2 saturated heterocycles. The van der Waals surface area contributed by atoms with E-state index in [-0.39, 0.29) is 23.9 Å². The molecule has 2 amide bonds. The van der Waals surface area contributed by atoms with Crippen LogP contribution in [0.2, 0.25) is 5.02 Å². The van der Waals surface area contributed by atoms with Gasteiger partial charge in [0.1, 0.15) is 25.1 Å². The Morgan fingerprint density at radius 1 is 1.33 bits per heavy atom. The topological polar surface area (TPSA) is 111 Å². The van der Waals surface area contributed by atoms with Gasteiger partial charge in [0.05, 0.1) is 5.02 Å². The van der Waals surface area contributed by atoms with Crippen LogP contribution in [0.4, 0.5) is 23.7 Å². The molecule has 0 unspecified atom stereocenters. The first-order valence-corrected chi connectivity index (χ1v) is 11.6. The van der Waals surface area contributed by atoms with Crippen LogP contribution in [0.25, 0.3) is 11.4 Å². The summed E-state index contributed by atoms with van der Waals surface area (Å²) in [6.07, 6.45) is -0.875. The van der Waals surface area contributed by atoms with E-state index in [2.05, 4.69) is 37.3 Å². The standard InChI is InChI=1S/C22H23ClF3N7O3/c1-12-5-14-8-21(7-12,19-30-29-17(36-19)9-35-10-22(24,25)26)33(14)20(34)28-13-3-4-16(23)15(6-13)18-27-11-32(2)31-18/h3-4,6,11-12,14H,5,7-10H2,1-2H3,(H,28,34)/t12-,14-,21+/m1/s1. The molecule has 0 spiro atoms. The number of hydrogen-bond donors (Lipinski definition) is 1. The van der Waals surface area contributed by atoms with Crippen LogP contribution in [-0.2, 0) is 23.9 Å². The van der Waals surface area contributed by atoms with Crippen molar-refractivity contribution in [3.05, 3.63) is 41.3 Å². The highest BCUT2D eigenvalue weighted by Crippen LogP contribution is 2.55. The lowest BCUT2D eigenvalue weighted by atomic mass is 9.64. The van der Waals surface area contributed by atoms with Crippen molar-refractivity contribution < 1.29 is 27.1 Å². The minimum Gasteiger partial charge on any atom is -0.420 e. The zero-order valence-corrected chi connectivity index (χ0v) is 20.2. The third-order valence-electron chi connectivity index (χ3n) is 6.39. The van der Waals surface area contributed by atoms with Gasteiger partial charge >= 0.3 is 12.2 Å². The van der Waals surface area contributed by atoms with Gasteiger partial charge in [0, 0.05) is 30.8 Å². The van der Waals surface area contributed by atoms with E-state index >= 15 is 0 Å². The van der Waals surface area contributed by atoms with Gasteiger partial charge in [-0.25, -0.2) is 9.78 Å². The maximum Gasteiger partial charge on any atom is 0.411 e.